The highest BCUT2D eigenvalue weighted by atomic mass is 16.5. The maximum atomic E-state index is 5.80. The van der Waals surface area contributed by atoms with E-state index in [0.29, 0.717) is 12.8 Å². The van der Waals surface area contributed by atoms with Crippen molar-refractivity contribution in [1.82, 2.24) is 9.97 Å². The monoisotopic (exact) mass is 338 g/mol. The Hall–Kier alpha value is -2.51. The number of nitrogens with two attached hydrogens (primary N) is 2. The maximum Gasteiger partial charge on any atom is 0.119 e. The number of allylic oxidation sites excluding steroid dienone is 1. The number of hydrogen-bond acceptors (Lipinski definition) is 7. The van der Waals surface area contributed by atoms with Gasteiger partial charge in [0.05, 0.1) is 35.6 Å². The van der Waals surface area contributed by atoms with E-state index in [1.165, 1.54) is 6.20 Å². The normalized spacial score (nSPS) is 24.2. The number of ether oxygens (including phenoxy) is 1. The van der Waals surface area contributed by atoms with Crippen molar-refractivity contribution in [2.75, 3.05) is 24.8 Å². The summed E-state index contributed by atoms with van der Waals surface area (Å²) in [5, 5.41) is 0. The van der Waals surface area contributed by atoms with Crippen LogP contribution in [0.3, 0.4) is 0 Å². The van der Waals surface area contributed by atoms with E-state index < -0.39 is 0 Å². The van der Waals surface area contributed by atoms with E-state index in [1.807, 2.05) is 18.2 Å². The molecular formula is C18H22N6O. The van der Waals surface area contributed by atoms with Crippen molar-refractivity contribution >= 4 is 28.5 Å². The van der Waals surface area contributed by atoms with Crippen molar-refractivity contribution in [2.24, 2.45) is 16.5 Å². The third kappa shape index (κ3) is 3.33. The fraction of sp³-hybridized carbons (Fsp3) is 0.389. The van der Waals surface area contributed by atoms with Crippen LogP contribution < -0.4 is 16.4 Å². The zero-order valence-corrected chi connectivity index (χ0v) is 14.0. The fourth-order valence-corrected chi connectivity index (χ4v) is 3.09. The number of nitrogens with zero attached hydrogens (tertiary/aromatic N) is 4. The summed E-state index contributed by atoms with van der Waals surface area (Å²) in [5.74, 6) is 0. The smallest absolute Gasteiger partial charge is 0.119 e. The number of hydrogen-bond donors (Lipinski definition) is 2. The summed E-state index contributed by atoms with van der Waals surface area (Å²) in [6.45, 7) is 2.26. The van der Waals surface area contributed by atoms with Gasteiger partial charge in [0, 0.05) is 36.3 Å². The molecule has 25 heavy (non-hydrogen) atoms. The molecule has 7 nitrogen and oxygen atoms in total. The van der Waals surface area contributed by atoms with Gasteiger partial charge in [0.15, 0.2) is 0 Å². The molecule has 1 aliphatic heterocycles. The molecule has 7 heteroatoms. The summed E-state index contributed by atoms with van der Waals surface area (Å²) < 4.78 is 5.42. The molecule has 0 unspecified atom stereocenters. The van der Waals surface area contributed by atoms with Crippen molar-refractivity contribution < 1.29 is 4.74 Å². The lowest BCUT2D eigenvalue weighted by atomic mass is 9.88. The topological polar surface area (TPSA) is 103 Å². The highest BCUT2D eigenvalue weighted by Gasteiger charge is 2.24. The Kier molecular flexibility index (Phi) is 4.33. The summed E-state index contributed by atoms with van der Waals surface area (Å²) in [7, 11) is 0. The van der Waals surface area contributed by atoms with Gasteiger partial charge in [0.1, 0.15) is 6.73 Å². The van der Waals surface area contributed by atoms with Crippen LogP contribution in [0.15, 0.2) is 35.6 Å². The molecule has 2 aromatic rings. The Morgan fingerprint density at radius 3 is 2.92 bits per heavy atom. The number of rotatable bonds is 4. The molecule has 0 atom stereocenters. The van der Waals surface area contributed by atoms with Gasteiger partial charge in [-0.2, -0.15) is 0 Å². The molecule has 2 aliphatic rings. The van der Waals surface area contributed by atoms with Gasteiger partial charge in [0.25, 0.3) is 0 Å². The molecule has 4 N–H and O–H groups in total. The van der Waals surface area contributed by atoms with Crippen LogP contribution in [0.4, 0.5) is 5.69 Å². The van der Waals surface area contributed by atoms with Crippen molar-refractivity contribution in [1.29, 1.82) is 0 Å². The first-order chi connectivity index (χ1) is 12.2. The van der Waals surface area contributed by atoms with Crippen LogP contribution >= 0.6 is 0 Å². The molecule has 4 rings (SSSR count). The van der Waals surface area contributed by atoms with Crippen LogP contribution in [-0.2, 0) is 4.74 Å². The van der Waals surface area contributed by atoms with Gasteiger partial charge in [-0.3, -0.25) is 9.98 Å². The summed E-state index contributed by atoms with van der Waals surface area (Å²) >= 11 is 0. The minimum Gasteiger partial charge on any atom is -0.404 e. The third-order valence-electron chi connectivity index (χ3n) is 4.69. The first kappa shape index (κ1) is 16.0. The minimum absolute atomic E-state index is 0.279. The quantitative estimate of drug-likeness (QED) is 0.814. The van der Waals surface area contributed by atoms with Crippen molar-refractivity contribution in [3.63, 3.8) is 0 Å². The van der Waals surface area contributed by atoms with Crippen LogP contribution in [-0.4, -0.2) is 48.1 Å². The van der Waals surface area contributed by atoms with Crippen molar-refractivity contribution in [3.05, 3.63) is 36.3 Å². The molecule has 2 fully saturated rings. The fourth-order valence-electron chi connectivity index (χ4n) is 3.09. The van der Waals surface area contributed by atoms with Crippen LogP contribution in [0, 0.1) is 0 Å². The molecule has 130 valence electrons. The van der Waals surface area contributed by atoms with E-state index in [9.17, 15) is 0 Å². The van der Waals surface area contributed by atoms with Gasteiger partial charge in [-0.25, -0.2) is 4.98 Å². The highest BCUT2D eigenvalue weighted by molar-refractivity contribution is 6.09. The predicted octanol–water partition coefficient (Wildman–Crippen LogP) is 1.28. The Labute approximate surface area is 146 Å². The average molecular weight is 338 g/mol. The van der Waals surface area contributed by atoms with Gasteiger partial charge >= 0.3 is 0 Å². The Morgan fingerprint density at radius 1 is 1.32 bits per heavy atom. The number of aromatic nitrogens is 2. The lowest BCUT2D eigenvalue weighted by Crippen LogP contribution is -2.39. The van der Waals surface area contributed by atoms with Crippen LogP contribution in [0.5, 0.6) is 0 Å². The molecule has 0 radical (unpaired) electrons. The third-order valence-corrected chi connectivity index (χ3v) is 4.69. The number of fused-ring (bicyclic) bond motifs is 1. The second-order valence-electron chi connectivity index (χ2n) is 6.51. The summed E-state index contributed by atoms with van der Waals surface area (Å²) in [5.41, 5.74) is 15.8. The Morgan fingerprint density at radius 2 is 2.20 bits per heavy atom. The van der Waals surface area contributed by atoms with E-state index in [-0.39, 0.29) is 6.04 Å². The van der Waals surface area contributed by atoms with Gasteiger partial charge in [0.2, 0.25) is 0 Å². The molecule has 1 aromatic carbocycles. The van der Waals surface area contributed by atoms with Crippen LogP contribution in [0.25, 0.3) is 16.6 Å². The largest absolute Gasteiger partial charge is 0.404 e. The van der Waals surface area contributed by atoms with Gasteiger partial charge in [-0.1, -0.05) is 0 Å². The van der Waals surface area contributed by atoms with Crippen LogP contribution in [0.1, 0.15) is 18.5 Å². The van der Waals surface area contributed by atoms with E-state index >= 15 is 0 Å². The van der Waals surface area contributed by atoms with E-state index in [1.54, 1.807) is 12.4 Å². The lowest BCUT2D eigenvalue weighted by molar-refractivity contribution is 0.201. The van der Waals surface area contributed by atoms with E-state index in [2.05, 4.69) is 14.9 Å². The van der Waals surface area contributed by atoms with Crippen molar-refractivity contribution in [3.8, 4) is 0 Å². The first-order valence-corrected chi connectivity index (χ1v) is 8.53. The van der Waals surface area contributed by atoms with Crippen LogP contribution in [0.2, 0.25) is 0 Å². The SMILES string of the molecule is NC=C(C=NC1CC(N)C1)c1cnc2ccc(N3CCOC3)cc2n1. The van der Waals surface area contributed by atoms with Gasteiger partial charge in [-0.15, -0.1) is 0 Å². The van der Waals surface area contributed by atoms with E-state index in [4.69, 9.17) is 21.2 Å². The summed E-state index contributed by atoms with van der Waals surface area (Å²) in [6.07, 6.45) is 6.90. The van der Waals surface area contributed by atoms with Gasteiger partial charge < -0.3 is 21.1 Å². The average Bonchev–Trinajstić information content (AvgIpc) is 3.14. The molecule has 1 saturated carbocycles. The molecule has 0 spiro atoms. The predicted molar refractivity (Wildman–Crippen MR) is 99.4 cm³/mol. The maximum absolute atomic E-state index is 5.80. The standard InChI is InChI=1S/C18H22N6O/c19-8-12(9-21-14-5-13(20)6-14)18-10-22-16-2-1-15(7-17(16)23-18)24-3-4-25-11-24/h1-2,7-10,13-14H,3-6,11,19-20H2. The first-order valence-electron chi connectivity index (χ1n) is 8.53. The van der Waals surface area contributed by atoms with Gasteiger partial charge in [-0.05, 0) is 31.0 Å². The summed E-state index contributed by atoms with van der Waals surface area (Å²) in [6, 6.07) is 6.64. The molecule has 0 bridgehead atoms. The number of anilines is 1. The zero-order chi connectivity index (χ0) is 17.2. The van der Waals surface area contributed by atoms with E-state index in [0.717, 1.165) is 54.0 Å². The second-order valence-corrected chi connectivity index (χ2v) is 6.51. The highest BCUT2D eigenvalue weighted by Crippen LogP contribution is 2.24. The van der Waals surface area contributed by atoms with Crippen molar-refractivity contribution in [2.45, 2.75) is 24.9 Å². The molecule has 2 heterocycles. The summed E-state index contributed by atoms with van der Waals surface area (Å²) in [4.78, 5) is 15.9. The molecule has 1 saturated heterocycles. The minimum atomic E-state index is 0.279. The molecular weight excluding hydrogens is 316 g/mol. The molecule has 0 amide bonds. The number of benzene rings is 1. The number of aliphatic imine (C=N–C) groups is 1. The lowest BCUT2D eigenvalue weighted by Gasteiger charge is -2.28. The Balaban J connectivity index is 1.60. The molecule has 1 aromatic heterocycles. The zero-order valence-electron chi connectivity index (χ0n) is 14.0. The Bertz CT molecular complexity index is 821. The second kappa shape index (κ2) is 6.78. The molecule has 1 aliphatic carbocycles.